The number of hydrogen-bond donors (Lipinski definition) is 1. The second-order valence-electron chi connectivity index (χ2n) is 6.37. The molecule has 2 aromatic carbocycles. The Morgan fingerprint density at radius 1 is 1.10 bits per heavy atom. The Hall–Kier alpha value is -3.48. The molecule has 0 spiro atoms. The van der Waals surface area contributed by atoms with Crippen LogP contribution in [0.15, 0.2) is 65.6 Å². The first kappa shape index (κ1) is 20.3. The summed E-state index contributed by atoms with van der Waals surface area (Å²) < 4.78 is 33.9. The minimum Gasteiger partial charge on any atom is -0.491 e. The molecule has 1 N–H and O–H groups in total. The van der Waals surface area contributed by atoms with Gasteiger partial charge in [-0.15, -0.1) is 0 Å². The summed E-state index contributed by atoms with van der Waals surface area (Å²) in [5.41, 5.74) is -0.107. The van der Waals surface area contributed by atoms with Crippen LogP contribution in [0.1, 0.15) is 30.1 Å². The maximum Gasteiger partial charge on any atom is 0.267 e. The van der Waals surface area contributed by atoms with Gasteiger partial charge in [0.2, 0.25) is 0 Å². The van der Waals surface area contributed by atoms with Gasteiger partial charge >= 0.3 is 0 Å². The van der Waals surface area contributed by atoms with E-state index >= 15 is 0 Å². The van der Waals surface area contributed by atoms with Gasteiger partial charge in [-0.05, 0) is 55.0 Å². The third-order valence-electron chi connectivity index (χ3n) is 4.24. The van der Waals surface area contributed by atoms with E-state index in [0.29, 0.717) is 12.3 Å². The Kier molecular flexibility index (Phi) is 6.39. The van der Waals surface area contributed by atoms with Gasteiger partial charge in [0.1, 0.15) is 11.4 Å². The number of amides is 1. The Bertz CT molecular complexity index is 1060. The van der Waals surface area contributed by atoms with Crippen molar-refractivity contribution in [1.29, 1.82) is 0 Å². The SMILES string of the molecule is CCCCOc1ccc(-n2cccc(C(=O)Nc3ccc(F)cc3)c2=O)cc1F. The minimum atomic E-state index is -0.643. The van der Waals surface area contributed by atoms with Crippen molar-refractivity contribution in [3.63, 3.8) is 0 Å². The predicted octanol–water partition coefficient (Wildman–Crippen LogP) is 4.55. The number of carbonyl (C=O) groups is 1. The Morgan fingerprint density at radius 2 is 1.86 bits per heavy atom. The zero-order valence-corrected chi connectivity index (χ0v) is 15.8. The maximum atomic E-state index is 14.3. The maximum absolute atomic E-state index is 14.3. The van der Waals surface area contributed by atoms with Crippen LogP contribution in [0.3, 0.4) is 0 Å². The van der Waals surface area contributed by atoms with Gasteiger partial charge in [-0.2, -0.15) is 0 Å². The van der Waals surface area contributed by atoms with E-state index in [9.17, 15) is 18.4 Å². The fourth-order valence-electron chi connectivity index (χ4n) is 2.68. The van der Waals surface area contributed by atoms with Crippen LogP contribution in [0.5, 0.6) is 5.75 Å². The molecular weight excluding hydrogens is 378 g/mol. The number of nitrogens with zero attached hydrogens (tertiary/aromatic N) is 1. The third-order valence-corrected chi connectivity index (χ3v) is 4.24. The standard InChI is InChI=1S/C22H20F2N2O3/c1-2-3-13-29-20-11-10-17(14-19(20)24)26-12-4-5-18(22(26)28)21(27)25-16-8-6-15(23)7-9-16/h4-12,14H,2-3,13H2,1H3,(H,25,27). The highest BCUT2D eigenvalue weighted by Gasteiger charge is 2.14. The zero-order chi connectivity index (χ0) is 20.8. The Labute approximate surface area is 166 Å². The van der Waals surface area contributed by atoms with Crippen LogP contribution < -0.4 is 15.6 Å². The molecule has 3 rings (SSSR count). The minimum absolute atomic E-state index is 0.112. The van der Waals surface area contributed by atoms with Crippen molar-refractivity contribution in [2.75, 3.05) is 11.9 Å². The van der Waals surface area contributed by atoms with Gasteiger partial charge in [-0.3, -0.25) is 14.2 Å². The molecule has 0 unspecified atom stereocenters. The van der Waals surface area contributed by atoms with Crippen LogP contribution in [-0.2, 0) is 0 Å². The first-order chi connectivity index (χ1) is 14.0. The first-order valence-electron chi connectivity index (χ1n) is 9.21. The summed E-state index contributed by atoms with van der Waals surface area (Å²) in [6.07, 6.45) is 3.19. The molecule has 7 heteroatoms. The van der Waals surface area contributed by atoms with Crippen LogP contribution in [0.25, 0.3) is 5.69 Å². The van der Waals surface area contributed by atoms with Crippen LogP contribution in [0, 0.1) is 11.6 Å². The molecule has 0 aliphatic heterocycles. The van der Waals surface area contributed by atoms with Gasteiger partial charge in [-0.1, -0.05) is 13.3 Å². The average Bonchev–Trinajstić information content (AvgIpc) is 2.71. The highest BCUT2D eigenvalue weighted by Crippen LogP contribution is 2.20. The fourth-order valence-corrected chi connectivity index (χ4v) is 2.68. The summed E-state index contributed by atoms with van der Waals surface area (Å²) in [5, 5.41) is 2.54. The normalized spacial score (nSPS) is 10.6. The number of carbonyl (C=O) groups excluding carboxylic acids is 1. The highest BCUT2D eigenvalue weighted by molar-refractivity contribution is 6.04. The predicted molar refractivity (Wildman–Crippen MR) is 107 cm³/mol. The van der Waals surface area contributed by atoms with Crippen molar-refractivity contribution in [3.8, 4) is 11.4 Å². The molecule has 1 heterocycles. The zero-order valence-electron chi connectivity index (χ0n) is 15.8. The fraction of sp³-hybridized carbons (Fsp3) is 0.182. The van der Waals surface area contributed by atoms with Gasteiger partial charge in [0, 0.05) is 18.0 Å². The lowest BCUT2D eigenvalue weighted by atomic mass is 10.2. The molecule has 1 amide bonds. The third kappa shape index (κ3) is 4.87. The van der Waals surface area contributed by atoms with E-state index in [1.165, 1.54) is 59.3 Å². The largest absolute Gasteiger partial charge is 0.491 e. The molecule has 29 heavy (non-hydrogen) atoms. The van der Waals surface area contributed by atoms with Gasteiger partial charge in [0.05, 0.1) is 12.3 Å². The van der Waals surface area contributed by atoms with E-state index in [1.54, 1.807) is 6.07 Å². The van der Waals surface area contributed by atoms with E-state index < -0.39 is 23.1 Å². The topological polar surface area (TPSA) is 60.3 Å². The number of hydrogen-bond acceptors (Lipinski definition) is 3. The summed E-state index contributed by atoms with van der Waals surface area (Å²) in [6, 6.07) is 12.3. The number of unbranched alkanes of at least 4 members (excludes halogenated alkanes) is 1. The van der Waals surface area contributed by atoms with Crippen molar-refractivity contribution in [2.24, 2.45) is 0 Å². The second-order valence-corrected chi connectivity index (χ2v) is 6.37. The average molecular weight is 398 g/mol. The van der Waals surface area contributed by atoms with Crippen molar-refractivity contribution >= 4 is 11.6 Å². The van der Waals surface area contributed by atoms with Gasteiger partial charge in [-0.25, -0.2) is 8.78 Å². The van der Waals surface area contributed by atoms with Crippen molar-refractivity contribution < 1.29 is 18.3 Å². The summed E-state index contributed by atoms with van der Waals surface area (Å²) in [5.74, 6) is -1.56. The van der Waals surface area contributed by atoms with E-state index in [0.717, 1.165) is 12.8 Å². The van der Waals surface area contributed by atoms with E-state index in [-0.39, 0.29) is 17.0 Å². The molecule has 1 aromatic heterocycles. The number of halogens is 2. The Balaban J connectivity index is 1.84. The molecule has 0 aliphatic carbocycles. The summed E-state index contributed by atoms with van der Waals surface area (Å²) >= 11 is 0. The lowest BCUT2D eigenvalue weighted by molar-refractivity contribution is 0.102. The molecule has 0 fully saturated rings. The van der Waals surface area contributed by atoms with E-state index in [2.05, 4.69) is 5.32 Å². The molecule has 0 bridgehead atoms. The van der Waals surface area contributed by atoms with E-state index in [1.807, 2.05) is 6.92 Å². The molecule has 0 saturated carbocycles. The number of rotatable bonds is 7. The molecule has 0 radical (unpaired) electrons. The van der Waals surface area contributed by atoms with Crippen LogP contribution >= 0.6 is 0 Å². The first-order valence-corrected chi connectivity index (χ1v) is 9.21. The van der Waals surface area contributed by atoms with Crippen LogP contribution in [0.4, 0.5) is 14.5 Å². The number of pyridine rings is 1. The van der Waals surface area contributed by atoms with Crippen molar-refractivity contribution in [2.45, 2.75) is 19.8 Å². The number of nitrogens with one attached hydrogen (secondary N) is 1. The quantitative estimate of drug-likeness (QED) is 0.594. The van der Waals surface area contributed by atoms with Gasteiger partial charge in [0.25, 0.3) is 11.5 Å². The lowest BCUT2D eigenvalue weighted by Crippen LogP contribution is -2.27. The molecule has 5 nitrogen and oxygen atoms in total. The monoisotopic (exact) mass is 398 g/mol. The number of benzene rings is 2. The molecule has 3 aromatic rings. The summed E-state index contributed by atoms with van der Waals surface area (Å²) in [6.45, 7) is 2.42. The summed E-state index contributed by atoms with van der Waals surface area (Å²) in [7, 11) is 0. The number of anilines is 1. The second kappa shape index (κ2) is 9.14. The molecule has 0 atom stereocenters. The number of aromatic nitrogens is 1. The lowest BCUT2D eigenvalue weighted by Gasteiger charge is -2.11. The van der Waals surface area contributed by atoms with Crippen LogP contribution in [-0.4, -0.2) is 17.1 Å². The van der Waals surface area contributed by atoms with Gasteiger partial charge in [0.15, 0.2) is 11.6 Å². The van der Waals surface area contributed by atoms with E-state index in [4.69, 9.17) is 4.74 Å². The summed E-state index contributed by atoms with van der Waals surface area (Å²) in [4.78, 5) is 25.2. The Morgan fingerprint density at radius 3 is 2.55 bits per heavy atom. The molecule has 0 aliphatic rings. The molecular formula is C22H20F2N2O3. The number of ether oxygens (including phenoxy) is 1. The van der Waals surface area contributed by atoms with Crippen molar-refractivity contribution in [3.05, 3.63) is 88.3 Å². The van der Waals surface area contributed by atoms with Crippen LogP contribution in [0.2, 0.25) is 0 Å². The smallest absolute Gasteiger partial charge is 0.267 e. The molecule has 150 valence electrons. The highest BCUT2D eigenvalue weighted by atomic mass is 19.1. The van der Waals surface area contributed by atoms with Crippen molar-refractivity contribution in [1.82, 2.24) is 4.57 Å². The van der Waals surface area contributed by atoms with Gasteiger partial charge < -0.3 is 10.1 Å². The molecule has 0 saturated heterocycles.